The van der Waals surface area contributed by atoms with E-state index in [0.717, 1.165) is 12.1 Å². The van der Waals surface area contributed by atoms with Crippen LogP contribution in [0.25, 0.3) is 0 Å². The minimum absolute atomic E-state index is 0.0689. The van der Waals surface area contributed by atoms with Crippen LogP contribution in [0.1, 0.15) is 24.8 Å². The predicted molar refractivity (Wildman–Crippen MR) is 109 cm³/mol. The topological polar surface area (TPSA) is 115 Å². The molecular formula is C20H25F3N4O4S. The predicted octanol–water partition coefficient (Wildman–Crippen LogP) is 1.01. The minimum atomic E-state index is -4.84. The fourth-order valence-corrected chi connectivity index (χ4v) is 6.07. The molecule has 1 aromatic carbocycles. The number of sulfone groups is 1. The number of hydrogen-bond acceptors (Lipinski definition) is 8. The van der Waals surface area contributed by atoms with Gasteiger partial charge in [-0.25, -0.2) is 8.42 Å². The van der Waals surface area contributed by atoms with Crippen LogP contribution in [0.4, 0.5) is 18.9 Å². The number of morpholine rings is 1. The Morgan fingerprint density at radius 1 is 1.31 bits per heavy atom. The monoisotopic (exact) mass is 474 g/mol. The molecule has 1 aromatic rings. The maximum absolute atomic E-state index is 13.8. The SMILES string of the molecule is N#CC1(NC(O)[C@@H]2C[C@@H](S(=O)(=O)c3ccc(N4CCOCC4)cc3C(F)(F)F)CN2)CC1. The highest BCUT2D eigenvalue weighted by atomic mass is 32.2. The molecule has 0 radical (unpaired) electrons. The molecule has 176 valence electrons. The minimum Gasteiger partial charge on any atom is -0.378 e. The molecule has 2 heterocycles. The molecule has 4 rings (SSSR count). The maximum Gasteiger partial charge on any atom is 0.417 e. The van der Waals surface area contributed by atoms with E-state index in [2.05, 4.69) is 16.7 Å². The Morgan fingerprint density at radius 3 is 2.59 bits per heavy atom. The summed E-state index contributed by atoms with van der Waals surface area (Å²) in [5.74, 6) is 0. The summed E-state index contributed by atoms with van der Waals surface area (Å²) in [5.41, 5.74) is -1.70. The highest BCUT2D eigenvalue weighted by Crippen LogP contribution is 2.39. The first-order valence-corrected chi connectivity index (χ1v) is 12.0. The molecule has 1 aliphatic carbocycles. The van der Waals surface area contributed by atoms with Gasteiger partial charge in [0.25, 0.3) is 0 Å². The highest BCUT2D eigenvalue weighted by Gasteiger charge is 2.48. The van der Waals surface area contributed by atoms with Crippen molar-refractivity contribution >= 4 is 15.5 Å². The van der Waals surface area contributed by atoms with E-state index in [9.17, 15) is 26.7 Å². The number of rotatable bonds is 6. The molecule has 32 heavy (non-hydrogen) atoms. The number of alkyl halides is 3. The van der Waals surface area contributed by atoms with Gasteiger partial charge in [0.15, 0.2) is 9.84 Å². The summed E-state index contributed by atoms with van der Waals surface area (Å²) in [6.45, 7) is 1.53. The highest BCUT2D eigenvalue weighted by molar-refractivity contribution is 7.92. The molecule has 3 atom stereocenters. The van der Waals surface area contributed by atoms with Gasteiger partial charge in [0.05, 0.1) is 35.0 Å². The zero-order valence-corrected chi connectivity index (χ0v) is 18.0. The largest absolute Gasteiger partial charge is 0.417 e. The van der Waals surface area contributed by atoms with Gasteiger partial charge in [0.1, 0.15) is 11.8 Å². The summed E-state index contributed by atoms with van der Waals surface area (Å²) in [5, 5.41) is 24.0. The van der Waals surface area contributed by atoms with E-state index in [1.165, 1.54) is 6.07 Å². The van der Waals surface area contributed by atoms with Gasteiger partial charge in [-0.1, -0.05) is 0 Å². The number of benzene rings is 1. The Kier molecular flexibility index (Phi) is 6.15. The number of aliphatic hydroxyl groups excluding tert-OH is 1. The van der Waals surface area contributed by atoms with Gasteiger partial charge in [-0.15, -0.1) is 0 Å². The molecule has 1 unspecified atom stereocenters. The number of anilines is 1. The maximum atomic E-state index is 13.8. The molecule has 3 fully saturated rings. The molecule has 8 nitrogen and oxygen atoms in total. The molecule has 3 aliphatic rings. The molecule has 2 aliphatic heterocycles. The van der Waals surface area contributed by atoms with Gasteiger partial charge in [-0.3, -0.25) is 5.32 Å². The van der Waals surface area contributed by atoms with Crippen LogP contribution in [-0.4, -0.2) is 69.4 Å². The summed E-state index contributed by atoms with van der Waals surface area (Å²) in [7, 11) is -4.33. The van der Waals surface area contributed by atoms with E-state index in [-0.39, 0.29) is 13.0 Å². The van der Waals surface area contributed by atoms with Crippen molar-refractivity contribution < 1.29 is 31.4 Å². The number of halogens is 3. The van der Waals surface area contributed by atoms with Crippen molar-refractivity contribution in [2.75, 3.05) is 37.7 Å². The van der Waals surface area contributed by atoms with Crippen molar-refractivity contribution in [3.63, 3.8) is 0 Å². The second-order valence-electron chi connectivity index (χ2n) is 8.48. The van der Waals surface area contributed by atoms with Crippen LogP contribution in [0.15, 0.2) is 23.1 Å². The molecular weight excluding hydrogens is 449 g/mol. The standard InChI is InChI=1S/C20H25F3N4O4S/c21-20(22,23)15-9-13(27-5-7-31-8-6-27)1-2-17(15)32(29,30)14-10-16(25-11-14)18(28)26-19(12-24)3-4-19/h1-2,9,14,16,18,25-26,28H,3-8,10-11H2/t14-,16+,18?/m1/s1. The van der Waals surface area contributed by atoms with Crippen LogP contribution in [0.5, 0.6) is 0 Å². The Labute approximate surface area is 184 Å². The quantitative estimate of drug-likeness (QED) is 0.524. The van der Waals surface area contributed by atoms with Crippen molar-refractivity contribution in [3.05, 3.63) is 23.8 Å². The van der Waals surface area contributed by atoms with Gasteiger partial charge in [-0.2, -0.15) is 18.4 Å². The Bertz CT molecular complexity index is 1000. The average Bonchev–Trinajstić information content (AvgIpc) is 3.34. The van der Waals surface area contributed by atoms with Crippen LogP contribution in [0.3, 0.4) is 0 Å². The summed E-state index contributed by atoms with van der Waals surface area (Å²) < 4.78 is 73.1. The lowest BCUT2D eigenvalue weighted by Crippen LogP contribution is -2.49. The van der Waals surface area contributed by atoms with E-state index >= 15 is 0 Å². The van der Waals surface area contributed by atoms with Gasteiger partial charge in [-0.05, 0) is 37.5 Å². The Hall–Kier alpha value is -1.91. The van der Waals surface area contributed by atoms with Crippen LogP contribution >= 0.6 is 0 Å². The number of nitriles is 1. The first-order chi connectivity index (χ1) is 15.1. The fourth-order valence-electron chi connectivity index (χ4n) is 4.19. The third-order valence-corrected chi connectivity index (χ3v) is 8.49. The number of nitrogens with zero attached hydrogens (tertiary/aromatic N) is 2. The lowest BCUT2D eigenvalue weighted by molar-refractivity contribution is -0.139. The first kappa shape index (κ1) is 23.3. The molecule has 12 heteroatoms. The summed E-state index contributed by atoms with van der Waals surface area (Å²) in [6, 6.07) is 4.70. The zero-order chi connectivity index (χ0) is 23.1. The number of nitrogens with one attached hydrogen (secondary N) is 2. The van der Waals surface area contributed by atoms with E-state index in [1.54, 1.807) is 4.90 Å². The molecule has 2 saturated heterocycles. The van der Waals surface area contributed by atoms with E-state index < -0.39 is 49.5 Å². The molecule has 1 saturated carbocycles. The van der Waals surface area contributed by atoms with Crippen molar-refractivity contribution in [2.24, 2.45) is 0 Å². The van der Waals surface area contributed by atoms with Crippen molar-refractivity contribution in [1.82, 2.24) is 10.6 Å². The summed E-state index contributed by atoms with van der Waals surface area (Å²) >= 11 is 0. The van der Waals surface area contributed by atoms with Crippen molar-refractivity contribution in [2.45, 2.75) is 53.4 Å². The van der Waals surface area contributed by atoms with E-state index in [1.807, 2.05) is 0 Å². The van der Waals surface area contributed by atoms with Gasteiger partial charge in [0, 0.05) is 31.4 Å². The lowest BCUT2D eigenvalue weighted by atomic mass is 10.1. The van der Waals surface area contributed by atoms with Gasteiger partial charge < -0.3 is 20.1 Å². The van der Waals surface area contributed by atoms with Gasteiger partial charge in [0.2, 0.25) is 0 Å². The number of ether oxygens (including phenoxy) is 1. The third kappa shape index (κ3) is 4.58. The van der Waals surface area contributed by atoms with Crippen LogP contribution in [0.2, 0.25) is 0 Å². The first-order valence-electron chi connectivity index (χ1n) is 10.4. The van der Waals surface area contributed by atoms with E-state index in [4.69, 9.17) is 10.00 Å². The van der Waals surface area contributed by atoms with Crippen molar-refractivity contribution in [3.8, 4) is 6.07 Å². The molecule has 3 N–H and O–H groups in total. The third-order valence-electron chi connectivity index (χ3n) is 6.28. The normalized spacial score (nSPS) is 26.5. The molecule has 0 bridgehead atoms. The second kappa shape index (κ2) is 8.46. The zero-order valence-electron chi connectivity index (χ0n) is 17.2. The Morgan fingerprint density at radius 2 is 2.00 bits per heavy atom. The van der Waals surface area contributed by atoms with Gasteiger partial charge >= 0.3 is 6.18 Å². The molecule has 0 amide bonds. The number of aliphatic hydroxyl groups is 1. The summed E-state index contributed by atoms with van der Waals surface area (Å²) in [4.78, 5) is 0.973. The smallest absolute Gasteiger partial charge is 0.378 e. The summed E-state index contributed by atoms with van der Waals surface area (Å²) in [6.07, 6.45) is -4.93. The fraction of sp³-hybridized carbons (Fsp3) is 0.650. The average molecular weight is 475 g/mol. The van der Waals surface area contributed by atoms with Crippen LogP contribution < -0.4 is 15.5 Å². The van der Waals surface area contributed by atoms with Crippen molar-refractivity contribution in [1.29, 1.82) is 5.26 Å². The second-order valence-corrected chi connectivity index (χ2v) is 10.7. The number of hydrogen-bond donors (Lipinski definition) is 3. The molecule has 0 spiro atoms. The van der Waals surface area contributed by atoms with E-state index in [0.29, 0.717) is 44.8 Å². The van der Waals surface area contributed by atoms with Crippen LogP contribution in [0, 0.1) is 11.3 Å². The van der Waals surface area contributed by atoms with Crippen LogP contribution in [-0.2, 0) is 20.8 Å². The molecule has 0 aromatic heterocycles. The Balaban J connectivity index is 1.56. The lowest BCUT2D eigenvalue weighted by Gasteiger charge is -2.30.